The van der Waals surface area contributed by atoms with Crippen LogP contribution < -0.4 is 0 Å². The van der Waals surface area contributed by atoms with Crippen LogP contribution in [0.15, 0.2) is 18.2 Å². The Morgan fingerprint density at radius 3 is 2.33 bits per heavy atom. The van der Waals surface area contributed by atoms with E-state index in [0.717, 1.165) is 0 Å². The van der Waals surface area contributed by atoms with Gasteiger partial charge in [-0.2, -0.15) is 0 Å². The van der Waals surface area contributed by atoms with E-state index in [2.05, 4.69) is 43.9 Å². The zero-order valence-corrected chi connectivity index (χ0v) is 12.4. The van der Waals surface area contributed by atoms with Crippen LogP contribution in [0.25, 0.3) is 0 Å². The number of rotatable bonds is 5. The van der Waals surface area contributed by atoms with Crippen LogP contribution in [0.3, 0.4) is 0 Å². The van der Waals surface area contributed by atoms with Crippen LogP contribution in [0.1, 0.15) is 55.8 Å². The number of benzene rings is 1. The van der Waals surface area contributed by atoms with Crippen molar-refractivity contribution in [3.8, 4) is 0 Å². The van der Waals surface area contributed by atoms with Gasteiger partial charge in [0.25, 0.3) is 0 Å². The molecule has 0 radical (unpaired) electrons. The number of Topliss-reactive ketones (excluding diaryl/α,β-unsaturated/α-hetero) is 1. The molecule has 0 saturated heterocycles. The van der Waals surface area contributed by atoms with Crippen molar-refractivity contribution in [1.82, 2.24) is 4.90 Å². The summed E-state index contributed by atoms with van der Waals surface area (Å²) in [5, 5.41) is 0. The Kier molecular flexibility index (Phi) is 5.09. The van der Waals surface area contributed by atoms with Crippen LogP contribution in [-0.4, -0.2) is 24.8 Å². The largest absolute Gasteiger partial charge is 0.302 e. The van der Waals surface area contributed by atoms with Gasteiger partial charge in [-0.25, -0.2) is 0 Å². The quantitative estimate of drug-likeness (QED) is 0.790. The van der Waals surface area contributed by atoms with Crippen molar-refractivity contribution in [2.75, 3.05) is 14.1 Å². The second-order valence-corrected chi connectivity index (χ2v) is 5.66. The van der Waals surface area contributed by atoms with E-state index in [9.17, 15) is 4.79 Å². The fourth-order valence-electron chi connectivity index (χ4n) is 2.22. The lowest BCUT2D eigenvalue weighted by molar-refractivity contribution is -0.118. The van der Waals surface area contributed by atoms with E-state index in [4.69, 9.17) is 0 Å². The molecular formula is C16H25NO. The molecule has 2 heteroatoms. The third-order valence-electron chi connectivity index (χ3n) is 3.43. The number of hydrogen-bond donors (Lipinski definition) is 0. The van der Waals surface area contributed by atoms with Crippen molar-refractivity contribution < 1.29 is 4.79 Å². The molecule has 1 aromatic carbocycles. The van der Waals surface area contributed by atoms with Crippen molar-refractivity contribution >= 4 is 5.78 Å². The normalized spacial score (nSPS) is 13.1. The summed E-state index contributed by atoms with van der Waals surface area (Å²) >= 11 is 0. The van der Waals surface area contributed by atoms with Gasteiger partial charge in [-0.05, 0) is 50.6 Å². The summed E-state index contributed by atoms with van der Waals surface area (Å²) in [7, 11) is 4.07. The number of nitrogens with zero attached hydrogens (tertiary/aromatic N) is 1. The minimum atomic E-state index is 0.182. The molecule has 1 aromatic rings. The van der Waals surface area contributed by atoms with Gasteiger partial charge in [0.2, 0.25) is 0 Å². The predicted molar refractivity (Wildman–Crippen MR) is 77.0 cm³/mol. The van der Waals surface area contributed by atoms with Crippen molar-refractivity contribution in [1.29, 1.82) is 0 Å². The molecule has 0 heterocycles. The van der Waals surface area contributed by atoms with E-state index in [-0.39, 0.29) is 11.8 Å². The number of hydrogen-bond acceptors (Lipinski definition) is 2. The Morgan fingerprint density at radius 1 is 1.28 bits per heavy atom. The Hall–Kier alpha value is -1.15. The Balaban J connectivity index is 3.17. The topological polar surface area (TPSA) is 20.3 Å². The highest BCUT2D eigenvalue weighted by Gasteiger charge is 2.18. The smallest absolute Gasteiger partial charge is 0.131 e. The molecule has 0 amide bonds. The first kappa shape index (κ1) is 14.9. The maximum Gasteiger partial charge on any atom is 0.131 e. The van der Waals surface area contributed by atoms with Crippen LogP contribution in [-0.2, 0) is 4.79 Å². The SMILES string of the molecule is CC(=O)CC(c1cc(C(C)C)ccc1C)N(C)C. The fourth-order valence-corrected chi connectivity index (χ4v) is 2.22. The zero-order valence-electron chi connectivity index (χ0n) is 12.4. The molecule has 0 aliphatic rings. The molecule has 0 spiro atoms. The van der Waals surface area contributed by atoms with E-state index >= 15 is 0 Å². The highest BCUT2D eigenvalue weighted by atomic mass is 16.1. The first-order valence-electron chi connectivity index (χ1n) is 6.59. The second kappa shape index (κ2) is 6.14. The standard InChI is InChI=1S/C16H25NO/c1-11(2)14-8-7-12(3)15(10-14)16(17(5)6)9-13(4)18/h7-8,10-11,16H,9H2,1-6H3. The van der Waals surface area contributed by atoms with Crippen molar-refractivity contribution in [3.63, 3.8) is 0 Å². The van der Waals surface area contributed by atoms with Gasteiger partial charge in [0.1, 0.15) is 5.78 Å². The molecule has 0 saturated carbocycles. The van der Waals surface area contributed by atoms with E-state index in [1.807, 2.05) is 14.1 Å². The van der Waals surface area contributed by atoms with Crippen LogP contribution in [0.4, 0.5) is 0 Å². The molecule has 0 aromatic heterocycles. The van der Waals surface area contributed by atoms with Crippen molar-refractivity contribution in [2.24, 2.45) is 0 Å². The summed E-state index contributed by atoms with van der Waals surface area (Å²) < 4.78 is 0. The summed E-state index contributed by atoms with van der Waals surface area (Å²) in [6, 6.07) is 6.79. The minimum absolute atomic E-state index is 0.182. The molecular weight excluding hydrogens is 222 g/mol. The molecule has 0 N–H and O–H groups in total. The third-order valence-corrected chi connectivity index (χ3v) is 3.43. The number of carbonyl (C=O) groups is 1. The maximum absolute atomic E-state index is 11.4. The van der Waals surface area contributed by atoms with Gasteiger partial charge in [-0.1, -0.05) is 32.0 Å². The molecule has 1 unspecified atom stereocenters. The Bertz CT molecular complexity index is 421. The zero-order chi connectivity index (χ0) is 13.9. The van der Waals surface area contributed by atoms with E-state index in [1.165, 1.54) is 16.7 Å². The lowest BCUT2D eigenvalue weighted by Gasteiger charge is -2.26. The van der Waals surface area contributed by atoms with Crippen molar-refractivity contribution in [3.05, 3.63) is 34.9 Å². The van der Waals surface area contributed by atoms with Gasteiger partial charge in [-0.3, -0.25) is 4.79 Å². The predicted octanol–water partition coefficient (Wildman–Crippen LogP) is 3.70. The summed E-state index contributed by atoms with van der Waals surface area (Å²) in [5.41, 5.74) is 3.88. The van der Waals surface area contributed by atoms with Gasteiger partial charge >= 0.3 is 0 Å². The van der Waals surface area contributed by atoms with Crippen LogP contribution in [0, 0.1) is 6.92 Å². The minimum Gasteiger partial charge on any atom is -0.302 e. The van der Waals surface area contributed by atoms with Crippen LogP contribution in [0.5, 0.6) is 0 Å². The number of carbonyl (C=O) groups excluding carboxylic acids is 1. The Morgan fingerprint density at radius 2 is 1.89 bits per heavy atom. The van der Waals surface area contributed by atoms with Gasteiger partial charge < -0.3 is 4.90 Å². The van der Waals surface area contributed by atoms with Gasteiger partial charge in [-0.15, -0.1) is 0 Å². The number of ketones is 1. The molecule has 0 bridgehead atoms. The van der Waals surface area contributed by atoms with Gasteiger partial charge in [0.15, 0.2) is 0 Å². The van der Waals surface area contributed by atoms with E-state index in [1.54, 1.807) is 6.92 Å². The van der Waals surface area contributed by atoms with E-state index < -0.39 is 0 Å². The summed E-state index contributed by atoms with van der Waals surface area (Å²) in [6.07, 6.45) is 0.579. The lowest BCUT2D eigenvalue weighted by Crippen LogP contribution is -2.23. The molecule has 100 valence electrons. The van der Waals surface area contributed by atoms with E-state index in [0.29, 0.717) is 12.3 Å². The van der Waals surface area contributed by atoms with Crippen LogP contribution in [0.2, 0.25) is 0 Å². The molecule has 18 heavy (non-hydrogen) atoms. The third kappa shape index (κ3) is 3.67. The van der Waals surface area contributed by atoms with Crippen molar-refractivity contribution in [2.45, 2.75) is 46.1 Å². The summed E-state index contributed by atoms with van der Waals surface area (Å²) in [4.78, 5) is 13.6. The molecule has 2 nitrogen and oxygen atoms in total. The molecule has 0 aliphatic carbocycles. The Labute approximate surface area is 111 Å². The second-order valence-electron chi connectivity index (χ2n) is 5.66. The highest BCUT2D eigenvalue weighted by Crippen LogP contribution is 2.28. The lowest BCUT2D eigenvalue weighted by atomic mass is 9.91. The fraction of sp³-hybridized carbons (Fsp3) is 0.562. The monoisotopic (exact) mass is 247 g/mol. The maximum atomic E-state index is 11.4. The molecule has 0 fully saturated rings. The molecule has 0 aliphatic heterocycles. The summed E-state index contributed by atoms with van der Waals surface area (Å²) in [5.74, 6) is 0.757. The first-order valence-corrected chi connectivity index (χ1v) is 6.59. The first-order chi connectivity index (χ1) is 8.32. The molecule has 1 atom stereocenters. The summed E-state index contributed by atoms with van der Waals surface area (Å²) in [6.45, 7) is 8.18. The van der Waals surface area contributed by atoms with Gasteiger partial charge in [0.05, 0.1) is 0 Å². The number of aryl methyl sites for hydroxylation is 1. The highest BCUT2D eigenvalue weighted by molar-refractivity contribution is 5.76. The average molecular weight is 247 g/mol. The molecule has 1 rings (SSSR count). The van der Waals surface area contributed by atoms with Crippen LogP contribution >= 0.6 is 0 Å². The van der Waals surface area contributed by atoms with Gasteiger partial charge in [0, 0.05) is 12.5 Å². The average Bonchev–Trinajstić information content (AvgIpc) is 2.26.